The molecular weight excluding hydrogens is 300 g/mol. The first kappa shape index (κ1) is 15.7. The largest absolute Gasteiger partial charge is 0.504 e. The van der Waals surface area contributed by atoms with E-state index in [1.54, 1.807) is 12.1 Å². The number of ketones is 1. The summed E-state index contributed by atoms with van der Waals surface area (Å²) in [5.74, 6) is 0.792. The fourth-order valence-corrected chi connectivity index (χ4v) is 3.30. The van der Waals surface area contributed by atoms with Crippen LogP contribution in [0.2, 0.25) is 0 Å². The number of benzene rings is 1. The molecule has 23 heavy (non-hydrogen) atoms. The lowest BCUT2D eigenvalue weighted by molar-refractivity contribution is -0.120. The first-order chi connectivity index (χ1) is 11.0. The predicted octanol–water partition coefficient (Wildman–Crippen LogP) is 1.89. The van der Waals surface area contributed by atoms with E-state index >= 15 is 0 Å². The minimum absolute atomic E-state index is 0.0108. The molecule has 1 aromatic carbocycles. The molecule has 6 heteroatoms. The molecule has 3 rings (SSSR count). The molecule has 1 saturated heterocycles. The summed E-state index contributed by atoms with van der Waals surface area (Å²) in [5.41, 5.74) is -0.525. The molecule has 0 radical (unpaired) electrons. The zero-order chi connectivity index (χ0) is 16.6. The molecule has 1 fully saturated rings. The number of methoxy groups -OCH3 is 2. The molecule has 2 aliphatic rings. The van der Waals surface area contributed by atoms with Crippen LogP contribution in [0.1, 0.15) is 30.7 Å². The Hall–Kier alpha value is -2.21. The Labute approximate surface area is 134 Å². The van der Waals surface area contributed by atoms with Crippen LogP contribution in [0.3, 0.4) is 0 Å². The second kappa shape index (κ2) is 5.77. The first-order valence-corrected chi connectivity index (χ1v) is 7.52. The average Bonchev–Trinajstić information content (AvgIpc) is 2.54. The number of hydrogen-bond donors (Lipinski definition) is 2. The monoisotopic (exact) mass is 320 g/mol. The third kappa shape index (κ3) is 2.63. The highest BCUT2D eigenvalue weighted by Crippen LogP contribution is 2.47. The Morgan fingerprint density at radius 3 is 2.78 bits per heavy atom. The normalized spacial score (nSPS) is 26.8. The summed E-state index contributed by atoms with van der Waals surface area (Å²) < 4.78 is 16.0. The summed E-state index contributed by atoms with van der Waals surface area (Å²) in [6.45, 7) is 0.282. The summed E-state index contributed by atoms with van der Waals surface area (Å²) in [5, 5.41) is 21.2. The molecule has 0 saturated carbocycles. The van der Waals surface area contributed by atoms with Crippen LogP contribution in [0, 0.1) is 0 Å². The first-order valence-electron chi connectivity index (χ1n) is 7.52. The van der Waals surface area contributed by atoms with Gasteiger partial charge < -0.3 is 24.4 Å². The number of phenolic OH excluding ortho intramolecular Hbond substituents is 1. The van der Waals surface area contributed by atoms with Gasteiger partial charge in [-0.3, -0.25) is 4.79 Å². The molecule has 1 aliphatic carbocycles. The lowest BCUT2D eigenvalue weighted by atomic mass is 9.77. The number of aromatic hydroxyl groups is 1. The number of hydrogen-bond acceptors (Lipinski definition) is 6. The Morgan fingerprint density at radius 2 is 2.09 bits per heavy atom. The number of rotatable bonds is 3. The van der Waals surface area contributed by atoms with Gasteiger partial charge in [0.1, 0.15) is 11.4 Å². The summed E-state index contributed by atoms with van der Waals surface area (Å²) >= 11 is 0. The zero-order valence-corrected chi connectivity index (χ0v) is 13.2. The van der Waals surface area contributed by atoms with Gasteiger partial charge in [-0.05, 0) is 18.9 Å². The van der Waals surface area contributed by atoms with Gasteiger partial charge in [-0.25, -0.2) is 0 Å². The van der Waals surface area contributed by atoms with Crippen molar-refractivity contribution in [2.24, 2.45) is 0 Å². The van der Waals surface area contributed by atoms with Crippen molar-refractivity contribution in [1.29, 1.82) is 0 Å². The zero-order valence-electron chi connectivity index (χ0n) is 13.2. The third-order valence-corrected chi connectivity index (χ3v) is 4.55. The summed E-state index contributed by atoms with van der Waals surface area (Å²) in [7, 11) is 2.96. The van der Waals surface area contributed by atoms with Gasteiger partial charge in [0.05, 0.1) is 20.8 Å². The Morgan fingerprint density at radius 1 is 1.30 bits per heavy atom. The smallest absolute Gasteiger partial charge is 0.203 e. The number of aliphatic hydroxyl groups is 1. The van der Waals surface area contributed by atoms with Gasteiger partial charge in [-0.15, -0.1) is 0 Å². The minimum atomic E-state index is -1.16. The summed E-state index contributed by atoms with van der Waals surface area (Å²) in [6.07, 6.45) is 2.40. The van der Waals surface area contributed by atoms with Crippen LogP contribution < -0.4 is 9.47 Å². The van der Waals surface area contributed by atoms with Gasteiger partial charge in [0, 0.05) is 24.0 Å². The number of carbonyl (C=O) groups excluding carboxylic acids is 1. The van der Waals surface area contributed by atoms with E-state index in [1.807, 2.05) is 0 Å². The molecule has 0 amide bonds. The van der Waals surface area contributed by atoms with Gasteiger partial charge in [0.2, 0.25) is 5.75 Å². The Bertz CT molecular complexity index is 665. The van der Waals surface area contributed by atoms with Crippen molar-refractivity contribution in [1.82, 2.24) is 0 Å². The molecule has 2 N–H and O–H groups in total. The number of carbonyl (C=O) groups is 1. The average molecular weight is 320 g/mol. The van der Waals surface area contributed by atoms with E-state index < -0.39 is 5.60 Å². The molecule has 6 nitrogen and oxygen atoms in total. The van der Waals surface area contributed by atoms with E-state index in [9.17, 15) is 15.0 Å². The summed E-state index contributed by atoms with van der Waals surface area (Å²) in [4.78, 5) is 11.5. The van der Waals surface area contributed by atoms with E-state index in [0.29, 0.717) is 36.3 Å². The molecular formula is C17H20O6. The van der Waals surface area contributed by atoms with Crippen LogP contribution in [-0.4, -0.2) is 42.4 Å². The van der Waals surface area contributed by atoms with Crippen LogP contribution in [-0.2, 0) is 9.53 Å². The highest BCUT2D eigenvalue weighted by molar-refractivity contribution is 5.91. The van der Waals surface area contributed by atoms with Crippen LogP contribution >= 0.6 is 0 Å². The predicted molar refractivity (Wildman–Crippen MR) is 81.8 cm³/mol. The van der Waals surface area contributed by atoms with Crippen LogP contribution in [0.25, 0.3) is 0 Å². The molecule has 0 aromatic heterocycles. The van der Waals surface area contributed by atoms with Gasteiger partial charge in [-0.1, -0.05) is 6.07 Å². The highest BCUT2D eigenvalue weighted by atomic mass is 16.5. The molecule has 124 valence electrons. The number of allylic oxidation sites excluding steroid dienone is 1. The van der Waals surface area contributed by atoms with Crippen molar-refractivity contribution >= 4 is 5.78 Å². The SMILES string of the molecule is COc1ccc(C2COC3=CC(=O)CCC3(O)C2)c(O)c1OC. The second-order valence-corrected chi connectivity index (χ2v) is 5.96. The van der Waals surface area contributed by atoms with E-state index in [2.05, 4.69) is 0 Å². The number of fused-ring (bicyclic) bond motifs is 1. The Kier molecular flexibility index (Phi) is 3.93. The van der Waals surface area contributed by atoms with Crippen molar-refractivity contribution in [3.63, 3.8) is 0 Å². The minimum Gasteiger partial charge on any atom is -0.504 e. The lowest BCUT2D eigenvalue weighted by Gasteiger charge is -2.40. The maximum atomic E-state index is 11.5. The standard InChI is InChI=1S/C17H20O6/c1-21-13-4-3-12(15(19)16(13)22-2)10-8-17(20)6-5-11(18)7-14(17)23-9-10/h3-4,7,10,19-20H,5-6,8-9H2,1-2H3. The molecule has 2 unspecified atom stereocenters. The lowest BCUT2D eigenvalue weighted by Crippen LogP contribution is -2.42. The molecule has 1 aliphatic heterocycles. The van der Waals surface area contributed by atoms with E-state index in [1.165, 1.54) is 20.3 Å². The van der Waals surface area contributed by atoms with Crippen LogP contribution in [0.15, 0.2) is 24.0 Å². The van der Waals surface area contributed by atoms with Crippen LogP contribution in [0.4, 0.5) is 0 Å². The number of phenols is 1. The van der Waals surface area contributed by atoms with Crippen LogP contribution in [0.5, 0.6) is 17.2 Å². The Balaban J connectivity index is 1.93. The fourth-order valence-electron chi connectivity index (χ4n) is 3.30. The quantitative estimate of drug-likeness (QED) is 0.884. The number of ether oxygens (including phenoxy) is 3. The maximum Gasteiger partial charge on any atom is 0.203 e. The van der Waals surface area contributed by atoms with Gasteiger partial charge >= 0.3 is 0 Å². The molecule has 2 atom stereocenters. The third-order valence-electron chi connectivity index (χ3n) is 4.55. The van der Waals surface area contributed by atoms with E-state index in [4.69, 9.17) is 14.2 Å². The summed E-state index contributed by atoms with van der Waals surface area (Å²) in [6, 6.07) is 3.46. The van der Waals surface area contributed by atoms with Crippen molar-refractivity contribution in [2.45, 2.75) is 30.8 Å². The molecule has 1 aromatic rings. The van der Waals surface area contributed by atoms with E-state index in [-0.39, 0.29) is 29.8 Å². The molecule has 1 heterocycles. The topological polar surface area (TPSA) is 85.2 Å². The fraction of sp³-hybridized carbons (Fsp3) is 0.471. The highest BCUT2D eigenvalue weighted by Gasteiger charge is 2.44. The van der Waals surface area contributed by atoms with Gasteiger partial charge in [-0.2, -0.15) is 0 Å². The van der Waals surface area contributed by atoms with Gasteiger partial charge in [0.15, 0.2) is 17.3 Å². The van der Waals surface area contributed by atoms with Gasteiger partial charge in [0.25, 0.3) is 0 Å². The second-order valence-electron chi connectivity index (χ2n) is 5.96. The van der Waals surface area contributed by atoms with Crippen molar-refractivity contribution in [3.8, 4) is 17.2 Å². The van der Waals surface area contributed by atoms with Crippen molar-refractivity contribution in [2.75, 3.05) is 20.8 Å². The van der Waals surface area contributed by atoms with Crippen molar-refractivity contribution in [3.05, 3.63) is 29.5 Å². The maximum absolute atomic E-state index is 11.5. The van der Waals surface area contributed by atoms with E-state index in [0.717, 1.165) is 0 Å². The molecule has 0 spiro atoms. The van der Waals surface area contributed by atoms with Crippen molar-refractivity contribution < 1.29 is 29.2 Å². The molecule has 0 bridgehead atoms.